The molecule has 0 aromatic carbocycles. The van der Waals surface area contributed by atoms with Gasteiger partial charge in [-0.25, -0.2) is 0 Å². The smallest absolute Gasteiger partial charge is 0.0634 e. The maximum absolute atomic E-state index is 8.20. The van der Waals surface area contributed by atoms with Gasteiger partial charge in [0.1, 0.15) is 0 Å². The van der Waals surface area contributed by atoms with Gasteiger partial charge in [-0.15, -0.1) is 0 Å². The zero-order chi connectivity index (χ0) is 16.5. The summed E-state index contributed by atoms with van der Waals surface area (Å²) < 4.78 is 10.7. The lowest BCUT2D eigenvalue weighted by molar-refractivity contribution is -0.00630. The average Bonchev–Trinajstić information content (AvgIpc) is 2.46. The number of nitrogens with zero attached hydrogens (tertiary/aromatic N) is 6. The second-order valence-corrected chi connectivity index (χ2v) is 6.26. The van der Waals surface area contributed by atoms with Crippen LogP contribution in [0.2, 0.25) is 0 Å². The summed E-state index contributed by atoms with van der Waals surface area (Å²) in [7, 11) is 0. The molecule has 2 fully saturated rings. The maximum atomic E-state index is 8.20. The molecule has 0 N–H and O–H groups in total. The third kappa shape index (κ3) is 6.12. The average molecular weight is 310 g/mol. The molecule has 0 bridgehead atoms. The molecule has 6 atom stereocenters. The molecular weight excluding hydrogens is 284 g/mol. The predicted molar refractivity (Wildman–Crippen MR) is 84.3 cm³/mol. The topological polar surface area (TPSA) is 116 Å². The van der Waals surface area contributed by atoms with Crippen molar-refractivity contribution in [3.05, 3.63) is 20.9 Å². The van der Waals surface area contributed by atoms with Gasteiger partial charge in [-0.3, -0.25) is 0 Å². The Kier molecular flexibility index (Phi) is 8.06. The molecule has 0 aliphatic carbocycles. The fourth-order valence-electron chi connectivity index (χ4n) is 2.78. The van der Waals surface area contributed by atoms with Crippen molar-refractivity contribution < 1.29 is 9.47 Å². The van der Waals surface area contributed by atoms with Crippen molar-refractivity contribution in [2.24, 2.45) is 22.1 Å². The number of hydrogen-bond donors (Lipinski definition) is 0. The van der Waals surface area contributed by atoms with E-state index in [1.807, 2.05) is 13.8 Å². The minimum Gasteiger partial charge on any atom is -0.378 e. The van der Waals surface area contributed by atoms with Crippen LogP contribution in [0.4, 0.5) is 0 Å². The Morgan fingerprint density at radius 1 is 0.773 bits per heavy atom. The van der Waals surface area contributed by atoms with E-state index >= 15 is 0 Å². The van der Waals surface area contributed by atoms with Gasteiger partial charge in [0.15, 0.2) is 0 Å². The van der Waals surface area contributed by atoms with E-state index in [9.17, 15) is 0 Å². The van der Waals surface area contributed by atoms with Crippen LogP contribution in [-0.2, 0) is 9.47 Å². The standard InChI is InChI=1S/2C7H13N3O/c2*1-5-3-6(2)11-4-7(5)9-10-8/h2*5-7H,3-4H2,1-2H3/t2*5-,6-,7+/m00/s1. The molecule has 0 unspecified atom stereocenters. The lowest BCUT2D eigenvalue weighted by Gasteiger charge is -2.29. The second-order valence-electron chi connectivity index (χ2n) is 6.26. The van der Waals surface area contributed by atoms with Gasteiger partial charge in [0.05, 0.1) is 37.5 Å². The highest BCUT2D eigenvalue weighted by atomic mass is 16.5. The summed E-state index contributed by atoms with van der Waals surface area (Å²) in [5.41, 5.74) is 16.4. The number of hydrogen-bond acceptors (Lipinski definition) is 4. The van der Waals surface area contributed by atoms with E-state index in [2.05, 4.69) is 33.9 Å². The normalized spacial score (nSPS) is 37.8. The monoisotopic (exact) mass is 310 g/mol. The summed E-state index contributed by atoms with van der Waals surface area (Å²) in [4.78, 5) is 5.56. The van der Waals surface area contributed by atoms with Crippen molar-refractivity contribution in [3.63, 3.8) is 0 Å². The second kappa shape index (κ2) is 9.54. The van der Waals surface area contributed by atoms with Crippen LogP contribution in [0, 0.1) is 11.8 Å². The summed E-state index contributed by atoms with van der Waals surface area (Å²) in [5.74, 6) is 0.907. The Labute approximate surface area is 131 Å². The van der Waals surface area contributed by atoms with E-state index in [1.54, 1.807) is 0 Å². The molecule has 0 aromatic rings. The molecule has 0 saturated carbocycles. The molecule has 2 heterocycles. The highest BCUT2D eigenvalue weighted by Crippen LogP contribution is 2.22. The van der Waals surface area contributed by atoms with Gasteiger partial charge in [-0.05, 0) is 49.6 Å². The van der Waals surface area contributed by atoms with Gasteiger partial charge >= 0.3 is 0 Å². The maximum Gasteiger partial charge on any atom is 0.0634 e. The van der Waals surface area contributed by atoms with E-state index in [-0.39, 0.29) is 12.1 Å². The van der Waals surface area contributed by atoms with E-state index in [1.165, 1.54) is 0 Å². The molecule has 2 aliphatic heterocycles. The van der Waals surface area contributed by atoms with Gasteiger partial charge < -0.3 is 9.47 Å². The summed E-state index contributed by atoms with van der Waals surface area (Å²) >= 11 is 0. The van der Waals surface area contributed by atoms with Crippen LogP contribution in [0.3, 0.4) is 0 Å². The van der Waals surface area contributed by atoms with Gasteiger partial charge in [0.25, 0.3) is 0 Å². The predicted octanol–water partition coefficient (Wildman–Crippen LogP) is 4.22. The summed E-state index contributed by atoms with van der Waals surface area (Å²) in [6.45, 7) is 9.43. The Balaban J connectivity index is 0.000000220. The molecule has 0 radical (unpaired) electrons. The van der Waals surface area contributed by atoms with Gasteiger partial charge in [-0.1, -0.05) is 24.1 Å². The molecule has 0 spiro atoms. The quantitative estimate of drug-likeness (QED) is 0.431. The molecule has 8 heteroatoms. The summed E-state index contributed by atoms with van der Waals surface area (Å²) in [5, 5.41) is 7.31. The van der Waals surface area contributed by atoms with Crippen molar-refractivity contribution in [2.75, 3.05) is 13.2 Å². The SMILES string of the molecule is C[C@H]1C[C@H](C)[C@H](N=[N+]=[N-])CO1.C[C@H]1C[C@H](C)[C@H](N=[N+]=[N-])CO1. The van der Waals surface area contributed by atoms with Crippen molar-refractivity contribution in [1.82, 2.24) is 0 Å². The molecule has 8 nitrogen and oxygen atoms in total. The van der Waals surface area contributed by atoms with Gasteiger partial charge in [0.2, 0.25) is 0 Å². The minimum atomic E-state index is 0.0381. The van der Waals surface area contributed by atoms with Crippen LogP contribution in [-0.4, -0.2) is 37.5 Å². The summed E-state index contributed by atoms with van der Waals surface area (Å²) in [6.07, 6.45) is 2.61. The highest BCUT2D eigenvalue weighted by Gasteiger charge is 2.25. The van der Waals surface area contributed by atoms with Crippen LogP contribution >= 0.6 is 0 Å². The first kappa shape index (κ1) is 18.6. The minimum absolute atomic E-state index is 0.0381. The fraction of sp³-hybridized carbons (Fsp3) is 1.00. The van der Waals surface area contributed by atoms with E-state index in [4.69, 9.17) is 20.5 Å². The molecule has 2 saturated heterocycles. The van der Waals surface area contributed by atoms with Crippen molar-refractivity contribution >= 4 is 0 Å². The number of ether oxygens (including phenoxy) is 2. The summed E-state index contributed by atoms with van der Waals surface area (Å²) in [6, 6.07) is 0.0763. The Bertz CT molecular complexity index is 393. The molecule has 2 rings (SSSR count). The molecule has 124 valence electrons. The van der Waals surface area contributed by atoms with Crippen molar-refractivity contribution in [3.8, 4) is 0 Å². The first-order valence-electron chi connectivity index (χ1n) is 7.79. The molecule has 0 aromatic heterocycles. The van der Waals surface area contributed by atoms with Crippen LogP contribution in [0.15, 0.2) is 10.2 Å². The number of azide groups is 2. The highest BCUT2D eigenvalue weighted by molar-refractivity contribution is 4.80. The molecule has 2 aliphatic rings. The lowest BCUT2D eigenvalue weighted by atomic mass is 9.94. The van der Waals surface area contributed by atoms with Crippen molar-refractivity contribution in [2.45, 2.75) is 64.8 Å². The Morgan fingerprint density at radius 2 is 1.14 bits per heavy atom. The van der Waals surface area contributed by atoms with Crippen LogP contribution in [0.25, 0.3) is 20.9 Å². The van der Waals surface area contributed by atoms with E-state index in [0.717, 1.165) is 12.8 Å². The Hall–Kier alpha value is -1.46. The first-order valence-corrected chi connectivity index (χ1v) is 7.79. The molecule has 22 heavy (non-hydrogen) atoms. The molecular formula is C14H26N6O2. The van der Waals surface area contributed by atoms with Crippen LogP contribution < -0.4 is 0 Å². The van der Waals surface area contributed by atoms with E-state index < -0.39 is 0 Å². The van der Waals surface area contributed by atoms with Gasteiger partial charge in [-0.2, -0.15) is 0 Å². The third-order valence-corrected chi connectivity index (χ3v) is 4.22. The Morgan fingerprint density at radius 3 is 1.41 bits per heavy atom. The molecule has 0 amide bonds. The zero-order valence-electron chi connectivity index (χ0n) is 13.8. The lowest BCUT2D eigenvalue weighted by Crippen LogP contribution is -2.33. The van der Waals surface area contributed by atoms with E-state index in [0.29, 0.717) is 37.3 Å². The fourth-order valence-corrected chi connectivity index (χ4v) is 2.78. The van der Waals surface area contributed by atoms with Crippen LogP contribution in [0.1, 0.15) is 40.5 Å². The first-order chi connectivity index (χ1) is 10.5. The van der Waals surface area contributed by atoms with Crippen LogP contribution in [0.5, 0.6) is 0 Å². The van der Waals surface area contributed by atoms with Crippen molar-refractivity contribution in [1.29, 1.82) is 0 Å². The largest absolute Gasteiger partial charge is 0.378 e. The number of rotatable bonds is 2. The van der Waals surface area contributed by atoms with Gasteiger partial charge in [0, 0.05) is 9.82 Å². The third-order valence-electron chi connectivity index (χ3n) is 4.22. The zero-order valence-corrected chi connectivity index (χ0v) is 13.8.